The van der Waals surface area contributed by atoms with Crippen LogP contribution < -0.4 is 10.9 Å². The van der Waals surface area contributed by atoms with Gasteiger partial charge in [-0.2, -0.15) is 5.10 Å². The van der Waals surface area contributed by atoms with Gasteiger partial charge in [-0.25, -0.2) is 8.91 Å². The van der Waals surface area contributed by atoms with Gasteiger partial charge in [-0.15, -0.1) is 0 Å². The Morgan fingerprint density at radius 3 is 2.66 bits per heavy atom. The number of nitrogens with zero attached hydrogens (tertiary/aromatic N) is 3. The number of pyridine rings is 1. The molecule has 0 fully saturated rings. The average molecular weight is 514 g/mol. The fourth-order valence-corrected chi connectivity index (χ4v) is 4.78. The highest BCUT2D eigenvalue weighted by molar-refractivity contribution is 5.96. The SMILES string of the molecule is Cc1cccc2ncc(-c3cn4nc(C(=O)NC(CCO)c5ccc(F)cc5)c(C(C)C)c4c(=O)[nH]3)cc12. The van der Waals surface area contributed by atoms with Crippen LogP contribution in [0.25, 0.3) is 27.7 Å². The minimum Gasteiger partial charge on any atom is -0.396 e. The van der Waals surface area contributed by atoms with E-state index in [9.17, 15) is 19.1 Å². The molecule has 1 unspecified atom stereocenters. The lowest BCUT2D eigenvalue weighted by Gasteiger charge is -2.18. The molecule has 0 aliphatic heterocycles. The number of nitrogens with one attached hydrogen (secondary N) is 2. The molecule has 3 aromatic heterocycles. The van der Waals surface area contributed by atoms with Crippen molar-refractivity contribution in [2.24, 2.45) is 0 Å². The second-order valence-electron chi connectivity index (χ2n) is 9.66. The summed E-state index contributed by atoms with van der Waals surface area (Å²) in [6.45, 7) is 5.61. The topological polar surface area (TPSA) is 112 Å². The van der Waals surface area contributed by atoms with Crippen LogP contribution in [0.2, 0.25) is 0 Å². The molecule has 0 saturated carbocycles. The van der Waals surface area contributed by atoms with Gasteiger partial charge in [0, 0.05) is 29.3 Å². The van der Waals surface area contributed by atoms with Gasteiger partial charge in [0.2, 0.25) is 0 Å². The van der Waals surface area contributed by atoms with Crippen molar-refractivity contribution in [1.29, 1.82) is 0 Å². The number of aromatic amines is 1. The van der Waals surface area contributed by atoms with Crippen LogP contribution in [0.4, 0.5) is 4.39 Å². The quantitative estimate of drug-likeness (QED) is 0.293. The minimum absolute atomic E-state index is 0.125. The molecule has 194 valence electrons. The summed E-state index contributed by atoms with van der Waals surface area (Å²) in [5.74, 6) is -1.05. The van der Waals surface area contributed by atoms with Gasteiger partial charge in [0.15, 0.2) is 5.69 Å². The summed E-state index contributed by atoms with van der Waals surface area (Å²) >= 11 is 0. The average Bonchev–Trinajstić information content (AvgIpc) is 3.30. The number of rotatable bonds is 7. The fourth-order valence-electron chi connectivity index (χ4n) is 4.78. The van der Waals surface area contributed by atoms with E-state index < -0.39 is 17.8 Å². The van der Waals surface area contributed by atoms with E-state index in [-0.39, 0.29) is 30.2 Å². The highest BCUT2D eigenvalue weighted by Crippen LogP contribution is 2.27. The molecule has 9 heteroatoms. The molecule has 5 rings (SSSR count). The summed E-state index contributed by atoms with van der Waals surface area (Å²) in [6, 6.07) is 13.0. The molecule has 0 aliphatic carbocycles. The van der Waals surface area contributed by atoms with Crippen LogP contribution in [0.15, 0.2) is 65.7 Å². The number of fused-ring (bicyclic) bond motifs is 2. The van der Waals surface area contributed by atoms with Crippen molar-refractivity contribution in [1.82, 2.24) is 24.9 Å². The second kappa shape index (κ2) is 10.2. The molecule has 2 aromatic carbocycles. The van der Waals surface area contributed by atoms with E-state index in [1.165, 1.54) is 16.6 Å². The fraction of sp³-hybridized carbons (Fsp3) is 0.241. The van der Waals surface area contributed by atoms with Crippen molar-refractivity contribution < 1.29 is 14.3 Å². The third kappa shape index (κ3) is 4.68. The lowest BCUT2D eigenvalue weighted by molar-refractivity contribution is 0.0923. The van der Waals surface area contributed by atoms with Crippen molar-refractivity contribution in [2.75, 3.05) is 6.61 Å². The summed E-state index contributed by atoms with van der Waals surface area (Å²) < 4.78 is 14.9. The van der Waals surface area contributed by atoms with Gasteiger partial charge >= 0.3 is 0 Å². The number of aliphatic hydroxyl groups is 1. The first-order chi connectivity index (χ1) is 18.3. The van der Waals surface area contributed by atoms with Gasteiger partial charge in [0.1, 0.15) is 11.3 Å². The largest absolute Gasteiger partial charge is 0.396 e. The Bertz CT molecular complexity index is 1710. The Hall–Kier alpha value is -4.37. The van der Waals surface area contributed by atoms with Gasteiger partial charge in [-0.3, -0.25) is 14.6 Å². The summed E-state index contributed by atoms with van der Waals surface area (Å²) in [7, 11) is 0. The number of aromatic nitrogens is 4. The molecule has 8 nitrogen and oxygen atoms in total. The molecule has 0 bridgehead atoms. The van der Waals surface area contributed by atoms with Crippen molar-refractivity contribution in [3.63, 3.8) is 0 Å². The third-order valence-electron chi connectivity index (χ3n) is 6.70. The van der Waals surface area contributed by atoms with E-state index in [2.05, 4.69) is 20.4 Å². The normalized spacial score (nSPS) is 12.4. The van der Waals surface area contributed by atoms with Crippen LogP contribution in [0, 0.1) is 12.7 Å². The first kappa shape index (κ1) is 25.3. The van der Waals surface area contributed by atoms with Crippen LogP contribution in [0.3, 0.4) is 0 Å². The maximum atomic E-state index is 13.5. The van der Waals surface area contributed by atoms with Crippen LogP contribution in [0.1, 0.15) is 59.4 Å². The van der Waals surface area contributed by atoms with E-state index in [1.807, 2.05) is 45.0 Å². The zero-order valence-corrected chi connectivity index (χ0v) is 21.3. The molecule has 5 aromatic rings. The van der Waals surface area contributed by atoms with Crippen LogP contribution in [-0.2, 0) is 0 Å². The van der Waals surface area contributed by atoms with E-state index >= 15 is 0 Å². The number of carbonyl (C=O) groups excluding carboxylic acids is 1. The smallest absolute Gasteiger partial charge is 0.274 e. The molecular weight excluding hydrogens is 485 g/mol. The Kier molecular flexibility index (Phi) is 6.77. The number of hydrogen-bond acceptors (Lipinski definition) is 5. The first-order valence-electron chi connectivity index (χ1n) is 12.4. The highest BCUT2D eigenvalue weighted by atomic mass is 19.1. The monoisotopic (exact) mass is 513 g/mol. The lowest BCUT2D eigenvalue weighted by Crippen LogP contribution is -2.30. The van der Waals surface area contributed by atoms with Crippen molar-refractivity contribution >= 4 is 22.3 Å². The van der Waals surface area contributed by atoms with E-state index in [4.69, 9.17) is 0 Å². The van der Waals surface area contributed by atoms with Gasteiger partial charge in [-0.1, -0.05) is 38.1 Å². The molecule has 3 heterocycles. The second-order valence-corrected chi connectivity index (χ2v) is 9.66. The van der Waals surface area contributed by atoms with Crippen molar-refractivity contribution in [2.45, 2.75) is 39.2 Å². The number of aryl methyl sites for hydroxylation is 1. The molecule has 0 aliphatic rings. The Balaban J connectivity index is 1.57. The van der Waals surface area contributed by atoms with Gasteiger partial charge in [0.25, 0.3) is 11.5 Å². The van der Waals surface area contributed by atoms with Crippen LogP contribution in [0.5, 0.6) is 0 Å². The minimum atomic E-state index is -0.557. The third-order valence-corrected chi connectivity index (χ3v) is 6.70. The Morgan fingerprint density at radius 2 is 1.95 bits per heavy atom. The van der Waals surface area contributed by atoms with Gasteiger partial charge in [0.05, 0.1) is 23.4 Å². The summed E-state index contributed by atoms with van der Waals surface area (Å²) in [5, 5.41) is 18.0. The number of hydrogen-bond donors (Lipinski definition) is 3. The first-order valence-corrected chi connectivity index (χ1v) is 12.4. The standard InChI is InChI=1S/C29H28FN5O3/c1-16(2)25-26(28(37)32-22(11-12-36)18-7-9-20(30)10-8-18)34-35-15-24(33-29(38)27(25)35)19-13-21-17(3)5-4-6-23(21)31-14-19/h4-10,13-16,22,36H,11-12H2,1-3H3,(H,32,37)(H,33,38). The zero-order valence-electron chi connectivity index (χ0n) is 21.3. The van der Waals surface area contributed by atoms with Gasteiger partial charge in [-0.05, 0) is 54.7 Å². The Labute approximate surface area is 218 Å². The summed E-state index contributed by atoms with van der Waals surface area (Å²) in [6.07, 6.45) is 3.62. The molecule has 1 atom stereocenters. The lowest BCUT2D eigenvalue weighted by atomic mass is 10.00. The summed E-state index contributed by atoms with van der Waals surface area (Å²) in [4.78, 5) is 34.2. The van der Waals surface area contributed by atoms with E-state index in [1.54, 1.807) is 24.5 Å². The number of benzene rings is 2. The highest BCUT2D eigenvalue weighted by Gasteiger charge is 2.26. The molecule has 3 N–H and O–H groups in total. The molecule has 0 spiro atoms. The Morgan fingerprint density at radius 1 is 1.18 bits per heavy atom. The number of amides is 1. The predicted octanol–water partition coefficient (Wildman–Crippen LogP) is 4.66. The maximum Gasteiger partial charge on any atom is 0.274 e. The van der Waals surface area contributed by atoms with Crippen molar-refractivity contribution in [3.8, 4) is 11.3 Å². The predicted molar refractivity (Wildman–Crippen MR) is 144 cm³/mol. The number of H-pyrrole nitrogens is 1. The molecular formula is C29H28FN5O3. The maximum absolute atomic E-state index is 13.5. The number of halogens is 1. The zero-order chi connectivity index (χ0) is 27.0. The molecule has 0 saturated heterocycles. The molecule has 0 radical (unpaired) electrons. The summed E-state index contributed by atoms with van der Waals surface area (Å²) in [5.41, 5.74) is 4.39. The molecule has 1 amide bonds. The molecule has 38 heavy (non-hydrogen) atoms. The van der Waals surface area contributed by atoms with Crippen LogP contribution >= 0.6 is 0 Å². The van der Waals surface area contributed by atoms with Gasteiger partial charge < -0.3 is 15.4 Å². The van der Waals surface area contributed by atoms with Crippen LogP contribution in [-0.4, -0.2) is 37.2 Å². The van der Waals surface area contributed by atoms with E-state index in [0.717, 1.165) is 22.0 Å². The number of carbonyl (C=O) groups is 1. The number of aliphatic hydroxyl groups excluding tert-OH is 1. The van der Waals surface area contributed by atoms with E-state index in [0.29, 0.717) is 22.3 Å². The van der Waals surface area contributed by atoms with Crippen molar-refractivity contribution in [3.05, 3.63) is 99.5 Å².